The SMILES string of the molecule is Cc1cc(N2COCCS2(=O)=O)ccc1C(=O)Nc1ccc(C)c(-c2nccc3ncccc23)c1. The van der Waals surface area contributed by atoms with Crippen LogP contribution in [0.1, 0.15) is 21.5 Å². The van der Waals surface area contributed by atoms with Crippen molar-refractivity contribution in [3.8, 4) is 11.3 Å². The fraction of sp³-hybridized carbons (Fsp3) is 0.192. The van der Waals surface area contributed by atoms with Gasteiger partial charge in [-0.1, -0.05) is 6.07 Å². The number of amides is 1. The lowest BCUT2D eigenvalue weighted by atomic mass is 10.0. The summed E-state index contributed by atoms with van der Waals surface area (Å²) in [4.78, 5) is 22.1. The summed E-state index contributed by atoms with van der Waals surface area (Å²) < 4.78 is 31.3. The van der Waals surface area contributed by atoms with Crippen molar-refractivity contribution in [2.75, 3.05) is 28.7 Å². The molecule has 8 nitrogen and oxygen atoms in total. The van der Waals surface area contributed by atoms with Gasteiger partial charge in [-0.2, -0.15) is 0 Å². The van der Waals surface area contributed by atoms with E-state index in [1.165, 1.54) is 4.31 Å². The smallest absolute Gasteiger partial charge is 0.255 e. The summed E-state index contributed by atoms with van der Waals surface area (Å²) in [7, 11) is -3.43. The molecule has 3 heterocycles. The summed E-state index contributed by atoms with van der Waals surface area (Å²) in [6, 6.07) is 16.4. The van der Waals surface area contributed by atoms with Crippen LogP contribution in [-0.2, 0) is 14.8 Å². The number of carbonyl (C=O) groups is 1. The Morgan fingerprint density at radius 1 is 1.00 bits per heavy atom. The normalized spacial score (nSPS) is 15.2. The summed E-state index contributed by atoms with van der Waals surface area (Å²) >= 11 is 0. The van der Waals surface area contributed by atoms with Crippen LogP contribution in [0.3, 0.4) is 0 Å². The maximum Gasteiger partial charge on any atom is 0.255 e. The monoisotopic (exact) mass is 488 g/mol. The van der Waals surface area contributed by atoms with Gasteiger partial charge in [-0.25, -0.2) is 12.7 Å². The molecule has 35 heavy (non-hydrogen) atoms. The molecule has 178 valence electrons. The Morgan fingerprint density at radius 3 is 2.66 bits per heavy atom. The Balaban J connectivity index is 1.43. The van der Waals surface area contributed by atoms with Gasteiger partial charge in [0.25, 0.3) is 5.91 Å². The van der Waals surface area contributed by atoms with Crippen molar-refractivity contribution in [2.24, 2.45) is 0 Å². The Morgan fingerprint density at radius 2 is 1.86 bits per heavy atom. The predicted octanol–water partition coefficient (Wildman–Crippen LogP) is 4.29. The van der Waals surface area contributed by atoms with Crippen molar-refractivity contribution in [3.05, 3.63) is 83.7 Å². The molecule has 0 spiro atoms. The number of benzene rings is 2. The Bertz CT molecular complexity index is 1550. The largest absolute Gasteiger partial charge is 0.359 e. The highest BCUT2D eigenvalue weighted by Gasteiger charge is 2.27. The zero-order chi connectivity index (χ0) is 24.6. The molecule has 2 aromatic heterocycles. The summed E-state index contributed by atoms with van der Waals surface area (Å²) in [5, 5.41) is 3.90. The molecule has 1 aliphatic rings. The van der Waals surface area contributed by atoms with E-state index in [9.17, 15) is 13.2 Å². The number of aromatic nitrogens is 2. The van der Waals surface area contributed by atoms with Crippen molar-refractivity contribution < 1.29 is 17.9 Å². The van der Waals surface area contributed by atoms with Crippen LogP contribution in [-0.4, -0.2) is 43.4 Å². The first kappa shape index (κ1) is 22.9. The van der Waals surface area contributed by atoms with E-state index in [4.69, 9.17) is 4.74 Å². The molecular formula is C26H24N4O4S. The van der Waals surface area contributed by atoms with Crippen LogP contribution in [0.25, 0.3) is 22.2 Å². The van der Waals surface area contributed by atoms with E-state index in [-0.39, 0.29) is 25.0 Å². The van der Waals surface area contributed by atoms with Crippen molar-refractivity contribution in [3.63, 3.8) is 0 Å². The standard InChI is InChI=1S/C26H24N4O4S/c1-17-5-6-19(15-23(17)25-22-4-3-10-27-24(22)9-11-28-25)29-26(31)21-8-7-20(14-18(21)2)30-16-34-12-13-35(30,32)33/h3-11,14-15H,12-13,16H2,1-2H3,(H,29,31). The molecule has 0 saturated carbocycles. The molecular weight excluding hydrogens is 464 g/mol. The first-order chi connectivity index (χ1) is 16.8. The highest BCUT2D eigenvalue weighted by molar-refractivity contribution is 7.92. The molecule has 0 aliphatic carbocycles. The lowest BCUT2D eigenvalue weighted by Gasteiger charge is -2.28. The molecule has 5 rings (SSSR count). The van der Waals surface area contributed by atoms with Gasteiger partial charge in [0.15, 0.2) is 0 Å². The molecule has 1 fully saturated rings. The summed E-state index contributed by atoms with van der Waals surface area (Å²) in [5.74, 6) is -0.347. The lowest BCUT2D eigenvalue weighted by Crippen LogP contribution is -2.41. The van der Waals surface area contributed by atoms with Gasteiger partial charge >= 0.3 is 0 Å². The number of hydrogen-bond acceptors (Lipinski definition) is 6. The number of pyridine rings is 2. The number of sulfonamides is 1. The molecule has 0 radical (unpaired) electrons. The minimum atomic E-state index is -3.43. The van der Waals surface area contributed by atoms with Crippen LogP contribution < -0.4 is 9.62 Å². The second kappa shape index (κ2) is 9.09. The molecule has 0 bridgehead atoms. The summed E-state index contributed by atoms with van der Waals surface area (Å²) in [5.41, 5.74) is 5.81. The highest BCUT2D eigenvalue weighted by atomic mass is 32.2. The van der Waals surface area contributed by atoms with Crippen LogP contribution in [0, 0.1) is 13.8 Å². The average Bonchev–Trinajstić information content (AvgIpc) is 2.84. The van der Waals surface area contributed by atoms with Crippen LogP contribution in [0.5, 0.6) is 0 Å². The second-order valence-electron chi connectivity index (χ2n) is 8.41. The van der Waals surface area contributed by atoms with Gasteiger partial charge in [0.05, 0.1) is 29.3 Å². The Hall–Kier alpha value is -3.82. The third-order valence-corrected chi connectivity index (χ3v) is 7.72. The van der Waals surface area contributed by atoms with Crippen LogP contribution in [0.4, 0.5) is 11.4 Å². The van der Waals surface area contributed by atoms with Crippen molar-refractivity contribution in [1.29, 1.82) is 0 Å². The van der Waals surface area contributed by atoms with Crippen LogP contribution in [0.2, 0.25) is 0 Å². The third kappa shape index (κ3) is 4.48. The van der Waals surface area contributed by atoms with E-state index in [0.29, 0.717) is 22.5 Å². The zero-order valence-corrected chi connectivity index (χ0v) is 20.2. The number of aryl methyl sites for hydroxylation is 2. The van der Waals surface area contributed by atoms with E-state index >= 15 is 0 Å². The maximum absolute atomic E-state index is 13.1. The van der Waals surface area contributed by atoms with Crippen LogP contribution in [0.15, 0.2) is 67.0 Å². The van der Waals surface area contributed by atoms with Gasteiger partial charge in [0, 0.05) is 34.6 Å². The minimum Gasteiger partial charge on any atom is -0.359 e. The molecule has 9 heteroatoms. The van der Waals surface area contributed by atoms with Crippen LogP contribution >= 0.6 is 0 Å². The predicted molar refractivity (Wildman–Crippen MR) is 136 cm³/mol. The van der Waals surface area contributed by atoms with E-state index < -0.39 is 10.0 Å². The molecule has 1 amide bonds. The van der Waals surface area contributed by atoms with E-state index in [0.717, 1.165) is 27.7 Å². The summed E-state index contributed by atoms with van der Waals surface area (Å²) in [6.45, 7) is 3.93. The first-order valence-electron chi connectivity index (χ1n) is 11.1. The number of fused-ring (bicyclic) bond motifs is 1. The van der Waals surface area contributed by atoms with E-state index in [2.05, 4.69) is 15.3 Å². The number of hydrogen-bond donors (Lipinski definition) is 1. The molecule has 0 atom stereocenters. The lowest BCUT2D eigenvalue weighted by molar-refractivity contribution is 0.102. The summed E-state index contributed by atoms with van der Waals surface area (Å²) in [6.07, 6.45) is 3.48. The van der Waals surface area contributed by atoms with Gasteiger partial charge in [0.2, 0.25) is 10.0 Å². The van der Waals surface area contributed by atoms with Crippen molar-refractivity contribution >= 4 is 38.2 Å². The Kier molecular flexibility index (Phi) is 5.96. The van der Waals surface area contributed by atoms with Gasteiger partial charge in [-0.3, -0.25) is 14.8 Å². The quantitative estimate of drug-likeness (QED) is 0.460. The second-order valence-corrected chi connectivity index (χ2v) is 10.4. The third-order valence-electron chi connectivity index (χ3n) is 6.05. The number of ether oxygens (including phenoxy) is 1. The van der Waals surface area contributed by atoms with Crippen molar-refractivity contribution in [1.82, 2.24) is 9.97 Å². The van der Waals surface area contributed by atoms with Gasteiger partial charge in [0.1, 0.15) is 6.73 Å². The molecule has 1 N–H and O–H groups in total. The molecule has 2 aromatic carbocycles. The molecule has 1 aliphatic heterocycles. The highest BCUT2D eigenvalue weighted by Crippen LogP contribution is 2.31. The van der Waals surface area contributed by atoms with Gasteiger partial charge < -0.3 is 10.1 Å². The van der Waals surface area contributed by atoms with E-state index in [1.54, 1.807) is 37.5 Å². The Labute approximate surface area is 203 Å². The number of rotatable bonds is 4. The average molecular weight is 489 g/mol. The fourth-order valence-corrected chi connectivity index (χ4v) is 5.38. The number of nitrogens with zero attached hydrogens (tertiary/aromatic N) is 3. The first-order valence-corrected chi connectivity index (χ1v) is 12.8. The minimum absolute atomic E-state index is 0.0306. The maximum atomic E-state index is 13.1. The molecule has 4 aromatic rings. The van der Waals surface area contributed by atoms with Gasteiger partial charge in [-0.15, -0.1) is 0 Å². The number of anilines is 2. The van der Waals surface area contributed by atoms with Gasteiger partial charge in [-0.05, 0) is 73.5 Å². The zero-order valence-electron chi connectivity index (χ0n) is 19.4. The molecule has 1 saturated heterocycles. The van der Waals surface area contributed by atoms with E-state index in [1.807, 2.05) is 43.3 Å². The van der Waals surface area contributed by atoms with Crippen molar-refractivity contribution in [2.45, 2.75) is 13.8 Å². The number of carbonyl (C=O) groups excluding carboxylic acids is 1. The number of nitrogens with one attached hydrogen (secondary N) is 1. The molecule has 0 unspecified atom stereocenters. The topological polar surface area (TPSA) is 101 Å². The fourth-order valence-electron chi connectivity index (χ4n) is 4.17.